The molecule has 0 bridgehead atoms. The molecule has 0 radical (unpaired) electrons. The molecule has 0 atom stereocenters. The molecule has 90 valence electrons. The number of benzene rings is 1. The number of hydrogen-bond donors (Lipinski definition) is 2. The van der Waals surface area contributed by atoms with E-state index in [0.29, 0.717) is 12.2 Å². The number of carbonyl (C=O) groups excluding carboxylic acids is 1. The zero-order valence-corrected chi connectivity index (χ0v) is 9.71. The number of aldehydes is 1. The number of aromatic nitrogens is 1. The second-order valence-corrected chi connectivity index (χ2v) is 3.49. The Bertz CT molecular complexity index is 478. The summed E-state index contributed by atoms with van der Waals surface area (Å²) in [6.45, 7) is 0.396. The Morgan fingerprint density at radius 3 is 2.35 bits per heavy atom. The van der Waals surface area contributed by atoms with Crippen LogP contribution in [0.2, 0.25) is 0 Å². The number of aryl methyl sites for hydroxylation is 1. The second-order valence-electron chi connectivity index (χ2n) is 3.49. The van der Waals surface area contributed by atoms with Gasteiger partial charge in [0.05, 0.1) is 5.69 Å². The zero-order valence-electron chi connectivity index (χ0n) is 9.71. The van der Waals surface area contributed by atoms with Gasteiger partial charge in [-0.1, -0.05) is 18.2 Å². The summed E-state index contributed by atoms with van der Waals surface area (Å²) in [4.78, 5) is 10.1. The maximum Gasteiger partial charge on any atom is 0.166 e. The zero-order chi connectivity index (χ0) is 12.7. The molecule has 4 heteroatoms. The van der Waals surface area contributed by atoms with Crippen LogP contribution >= 0.6 is 0 Å². The fourth-order valence-electron chi connectivity index (χ4n) is 1.28. The smallest absolute Gasteiger partial charge is 0.166 e. The Kier molecular flexibility index (Phi) is 4.97. The molecule has 0 fully saturated rings. The average molecular weight is 232 g/mol. The standard InChI is InChI=1S/C7H9NO.C6H7NO/c8-5-6-3-1-2-4-7(6)9;1-7-4-2-3-6(7)5-8/h1-4,9H,5,8H2;2-5H,1H3. The average Bonchev–Trinajstić information content (AvgIpc) is 2.76. The number of rotatable bonds is 2. The first-order valence-corrected chi connectivity index (χ1v) is 5.22. The van der Waals surface area contributed by atoms with E-state index in [1.54, 1.807) is 28.8 Å². The summed E-state index contributed by atoms with van der Waals surface area (Å²) in [6.07, 6.45) is 2.67. The first-order valence-electron chi connectivity index (χ1n) is 5.22. The van der Waals surface area contributed by atoms with Gasteiger partial charge in [-0.3, -0.25) is 4.79 Å². The van der Waals surface area contributed by atoms with Crippen molar-refractivity contribution >= 4 is 6.29 Å². The number of hydrogen-bond acceptors (Lipinski definition) is 3. The summed E-state index contributed by atoms with van der Waals surface area (Å²) < 4.78 is 1.77. The number of phenols is 1. The Balaban J connectivity index is 0.000000171. The molecule has 0 aliphatic heterocycles. The number of nitrogens with zero attached hydrogens (tertiary/aromatic N) is 1. The van der Waals surface area contributed by atoms with E-state index in [0.717, 1.165) is 11.8 Å². The molecule has 3 N–H and O–H groups in total. The van der Waals surface area contributed by atoms with E-state index in [-0.39, 0.29) is 5.75 Å². The number of nitrogens with two attached hydrogens (primary N) is 1. The van der Waals surface area contributed by atoms with Crippen LogP contribution in [0.4, 0.5) is 0 Å². The minimum absolute atomic E-state index is 0.278. The third-order valence-corrected chi connectivity index (χ3v) is 2.32. The van der Waals surface area contributed by atoms with Gasteiger partial charge in [0.2, 0.25) is 0 Å². The maximum atomic E-state index is 10.1. The van der Waals surface area contributed by atoms with Gasteiger partial charge in [-0.25, -0.2) is 0 Å². The van der Waals surface area contributed by atoms with Crippen LogP contribution in [0.25, 0.3) is 0 Å². The van der Waals surface area contributed by atoms with E-state index in [1.165, 1.54) is 0 Å². The number of carbonyl (C=O) groups is 1. The normalized spacial score (nSPS) is 9.29. The first kappa shape index (κ1) is 13.0. The summed E-state index contributed by atoms with van der Waals surface area (Å²) in [5.41, 5.74) is 6.79. The van der Waals surface area contributed by atoms with Crippen molar-refractivity contribution < 1.29 is 9.90 Å². The molecule has 17 heavy (non-hydrogen) atoms. The van der Waals surface area contributed by atoms with Crippen LogP contribution in [0.3, 0.4) is 0 Å². The molecule has 0 aliphatic rings. The summed E-state index contributed by atoms with van der Waals surface area (Å²) in [5, 5.41) is 9.03. The highest BCUT2D eigenvalue weighted by Crippen LogP contribution is 2.13. The van der Waals surface area contributed by atoms with E-state index in [4.69, 9.17) is 10.8 Å². The highest BCUT2D eigenvalue weighted by atomic mass is 16.3. The Morgan fingerprint density at radius 1 is 1.29 bits per heavy atom. The van der Waals surface area contributed by atoms with Crippen molar-refractivity contribution in [1.82, 2.24) is 4.57 Å². The molecule has 2 aromatic rings. The van der Waals surface area contributed by atoms with Gasteiger partial charge < -0.3 is 15.4 Å². The van der Waals surface area contributed by atoms with Crippen LogP contribution in [0.1, 0.15) is 16.1 Å². The fourth-order valence-corrected chi connectivity index (χ4v) is 1.28. The van der Waals surface area contributed by atoms with E-state index in [1.807, 2.05) is 25.4 Å². The van der Waals surface area contributed by atoms with Crippen LogP contribution in [-0.2, 0) is 13.6 Å². The van der Waals surface area contributed by atoms with Crippen LogP contribution in [0, 0.1) is 0 Å². The van der Waals surface area contributed by atoms with Crippen LogP contribution in [-0.4, -0.2) is 16.0 Å². The van der Waals surface area contributed by atoms with Gasteiger partial charge in [-0.05, 0) is 18.2 Å². The topological polar surface area (TPSA) is 68.2 Å². The van der Waals surface area contributed by atoms with Crippen molar-refractivity contribution in [1.29, 1.82) is 0 Å². The summed E-state index contributed by atoms with van der Waals surface area (Å²) in [7, 11) is 1.84. The highest BCUT2D eigenvalue weighted by Gasteiger charge is 1.92. The number of para-hydroxylation sites is 1. The molecule has 0 unspecified atom stereocenters. The Morgan fingerprint density at radius 2 is 2.00 bits per heavy atom. The molecule has 0 saturated carbocycles. The molecule has 2 rings (SSSR count). The molecule has 1 heterocycles. The first-order chi connectivity index (χ1) is 8.19. The number of phenolic OH excluding ortho intramolecular Hbond substituents is 1. The minimum Gasteiger partial charge on any atom is -0.508 e. The van der Waals surface area contributed by atoms with E-state index in [2.05, 4.69) is 0 Å². The lowest BCUT2D eigenvalue weighted by Gasteiger charge is -1.97. The van der Waals surface area contributed by atoms with Gasteiger partial charge in [-0.2, -0.15) is 0 Å². The van der Waals surface area contributed by atoms with Crippen molar-refractivity contribution in [2.75, 3.05) is 0 Å². The molecule has 1 aromatic carbocycles. The van der Waals surface area contributed by atoms with Gasteiger partial charge in [0, 0.05) is 25.4 Å². The summed E-state index contributed by atoms with van der Waals surface area (Å²) in [5.74, 6) is 0.278. The van der Waals surface area contributed by atoms with Crippen LogP contribution in [0.5, 0.6) is 5.75 Å². The molecule has 0 spiro atoms. The largest absolute Gasteiger partial charge is 0.508 e. The predicted molar refractivity (Wildman–Crippen MR) is 66.8 cm³/mol. The van der Waals surface area contributed by atoms with Gasteiger partial charge in [-0.15, -0.1) is 0 Å². The Hall–Kier alpha value is -2.07. The van der Waals surface area contributed by atoms with E-state index in [9.17, 15) is 4.79 Å². The molecule has 0 amide bonds. The third-order valence-electron chi connectivity index (χ3n) is 2.32. The van der Waals surface area contributed by atoms with Gasteiger partial charge in [0.15, 0.2) is 6.29 Å². The van der Waals surface area contributed by atoms with Gasteiger partial charge in [0.1, 0.15) is 5.75 Å². The molecular formula is C13H16N2O2. The lowest BCUT2D eigenvalue weighted by molar-refractivity contribution is 0.111. The minimum atomic E-state index is 0.278. The molecule has 0 saturated heterocycles. The maximum absolute atomic E-state index is 10.1. The van der Waals surface area contributed by atoms with Crippen molar-refractivity contribution in [2.45, 2.75) is 6.54 Å². The van der Waals surface area contributed by atoms with Crippen LogP contribution < -0.4 is 5.73 Å². The predicted octanol–water partition coefficient (Wildman–Crippen LogP) is 1.69. The summed E-state index contributed by atoms with van der Waals surface area (Å²) in [6, 6.07) is 10.7. The van der Waals surface area contributed by atoms with Gasteiger partial charge >= 0.3 is 0 Å². The molecule has 0 aliphatic carbocycles. The van der Waals surface area contributed by atoms with Crippen molar-refractivity contribution in [3.05, 3.63) is 53.9 Å². The number of aromatic hydroxyl groups is 1. The lowest BCUT2D eigenvalue weighted by atomic mass is 10.2. The van der Waals surface area contributed by atoms with E-state index >= 15 is 0 Å². The van der Waals surface area contributed by atoms with Crippen molar-refractivity contribution in [2.24, 2.45) is 12.8 Å². The monoisotopic (exact) mass is 232 g/mol. The third kappa shape index (κ3) is 3.77. The highest BCUT2D eigenvalue weighted by molar-refractivity contribution is 5.72. The second kappa shape index (κ2) is 6.50. The molecule has 4 nitrogen and oxygen atoms in total. The fraction of sp³-hybridized carbons (Fsp3) is 0.154. The molecular weight excluding hydrogens is 216 g/mol. The Labute approximate surface area is 100 Å². The lowest BCUT2D eigenvalue weighted by Crippen LogP contribution is -1.95. The van der Waals surface area contributed by atoms with E-state index < -0.39 is 0 Å². The van der Waals surface area contributed by atoms with Gasteiger partial charge in [0.25, 0.3) is 0 Å². The van der Waals surface area contributed by atoms with Crippen molar-refractivity contribution in [3.8, 4) is 5.75 Å². The van der Waals surface area contributed by atoms with Crippen molar-refractivity contribution in [3.63, 3.8) is 0 Å². The SMILES string of the molecule is Cn1cccc1C=O.NCc1ccccc1O. The molecule has 1 aromatic heterocycles. The summed E-state index contributed by atoms with van der Waals surface area (Å²) >= 11 is 0. The van der Waals surface area contributed by atoms with Crippen LogP contribution in [0.15, 0.2) is 42.6 Å². The quantitative estimate of drug-likeness (QED) is 0.774.